The van der Waals surface area contributed by atoms with Crippen molar-refractivity contribution in [3.05, 3.63) is 24.2 Å². The van der Waals surface area contributed by atoms with Gasteiger partial charge in [-0.25, -0.2) is 5.84 Å². The van der Waals surface area contributed by atoms with E-state index < -0.39 is 0 Å². The van der Waals surface area contributed by atoms with Crippen LogP contribution in [0.3, 0.4) is 0 Å². The van der Waals surface area contributed by atoms with Crippen LogP contribution in [0, 0.1) is 0 Å². The summed E-state index contributed by atoms with van der Waals surface area (Å²) in [5.74, 6) is 6.22. The molecule has 3 aromatic heterocycles. The number of nitrogen functional groups attached to an aromatic ring is 1. The molecule has 0 aliphatic carbocycles. The van der Waals surface area contributed by atoms with E-state index in [0.717, 1.165) is 11.1 Å². The highest BCUT2D eigenvalue weighted by atomic mass is 16.5. The number of H-pyrrole nitrogens is 1. The molecule has 0 radical (unpaired) electrons. The third-order valence-corrected chi connectivity index (χ3v) is 2.37. The third kappa shape index (κ3) is 1.82. The van der Waals surface area contributed by atoms with Crippen molar-refractivity contribution in [1.82, 2.24) is 25.3 Å². The molecule has 0 aliphatic heterocycles. The van der Waals surface area contributed by atoms with Crippen molar-refractivity contribution in [2.75, 3.05) is 10.7 Å². The van der Waals surface area contributed by atoms with E-state index in [0.29, 0.717) is 24.0 Å². The number of nitrogens with one attached hydrogen (secondary N) is 3. The number of fused-ring (bicyclic) bond motifs is 1. The Bertz CT molecular complexity index is 646. The minimum Gasteiger partial charge on any atom is -0.364 e. The summed E-state index contributed by atoms with van der Waals surface area (Å²) in [6, 6.07) is 1.77. The minimum atomic E-state index is 0.300. The summed E-state index contributed by atoms with van der Waals surface area (Å²) in [7, 11) is 0. The first-order valence-electron chi connectivity index (χ1n) is 5.17. The first-order chi connectivity index (χ1) is 8.86. The molecule has 0 atom stereocenters. The lowest BCUT2D eigenvalue weighted by Crippen LogP contribution is -2.12. The van der Waals surface area contributed by atoms with Gasteiger partial charge in [-0.2, -0.15) is 15.1 Å². The smallest absolute Gasteiger partial charge is 0.241 e. The van der Waals surface area contributed by atoms with Crippen molar-refractivity contribution in [2.24, 2.45) is 5.84 Å². The van der Waals surface area contributed by atoms with Crippen LogP contribution in [-0.2, 0) is 6.54 Å². The fourth-order valence-corrected chi connectivity index (χ4v) is 1.54. The molecule has 3 heterocycles. The van der Waals surface area contributed by atoms with Gasteiger partial charge in [-0.15, -0.1) is 0 Å². The first kappa shape index (κ1) is 10.5. The summed E-state index contributed by atoms with van der Waals surface area (Å²) < 4.78 is 4.75. The van der Waals surface area contributed by atoms with E-state index in [1.165, 1.54) is 6.26 Å². The molecule has 0 unspecified atom stereocenters. The van der Waals surface area contributed by atoms with Crippen LogP contribution in [0.1, 0.15) is 5.69 Å². The van der Waals surface area contributed by atoms with Gasteiger partial charge in [0, 0.05) is 6.07 Å². The highest BCUT2D eigenvalue weighted by Gasteiger charge is 2.09. The Morgan fingerprint density at radius 3 is 3.11 bits per heavy atom. The van der Waals surface area contributed by atoms with E-state index in [1.54, 1.807) is 12.3 Å². The summed E-state index contributed by atoms with van der Waals surface area (Å²) in [6.07, 6.45) is 3.15. The topological polar surface area (TPSA) is 131 Å². The number of nitrogens with zero attached hydrogens (tertiary/aromatic N) is 4. The van der Waals surface area contributed by atoms with Crippen LogP contribution in [0.5, 0.6) is 0 Å². The molecule has 3 rings (SSSR count). The van der Waals surface area contributed by atoms with Crippen LogP contribution in [0.15, 0.2) is 23.0 Å². The molecule has 0 bridgehead atoms. The fraction of sp³-hybridized carbons (Fsp3) is 0.111. The molecule has 0 saturated carbocycles. The van der Waals surface area contributed by atoms with E-state index in [2.05, 4.69) is 36.1 Å². The van der Waals surface area contributed by atoms with Crippen LogP contribution in [0.4, 0.5) is 11.8 Å². The maximum atomic E-state index is 5.30. The maximum Gasteiger partial charge on any atom is 0.241 e. The average molecular weight is 246 g/mol. The van der Waals surface area contributed by atoms with E-state index in [1.807, 2.05) is 0 Å². The van der Waals surface area contributed by atoms with Gasteiger partial charge in [0.15, 0.2) is 5.65 Å². The van der Waals surface area contributed by atoms with Crippen LogP contribution < -0.4 is 16.6 Å². The number of anilines is 2. The molecular weight excluding hydrogens is 236 g/mol. The Labute approximate surface area is 101 Å². The lowest BCUT2D eigenvalue weighted by atomic mass is 10.3. The third-order valence-electron chi connectivity index (χ3n) is 2.37. The van der Waals surface area contributed by atoms with Gasteiger partial charge in [0.25, 0.3) is 0 Å². The summed E-state index contributed by atoms with van der Waals surface area (Å²) >= 11 is 0. The molecule has 9 nitrogen and oxygen atoms in total. The Kier molecular flexibility index (Phi) is 2.50. The Balaban J connectivity index is 1.92. The highest BCUT2D eigenvalue weighted by molar-refractivity contribution is 5.86. The van der Waals surface area contributed by atoms with Crippen LogP contribution in [0.25, 0.3) is 11.0 Å². The van der Waals surface area contributed by atoms with Crippen molar-refractivity contribution in [3.63, 3.8) is 0 Å². The van der Waals surface area contributed by atoms with Gasteiger partial charge in [0.05, 0.1) is 18.1 Å². The van der Waals surface area contributed by atoms with Crippen LogP contribution in [0.2, 0.25) is 0 Å². The number of hydrazine groups is 1. The zero-order valence-corrected chi connectivity index (χ0v) is 9.21. The van der Waals surface area contributed by atoms with Gasteiger partial charge in [-0.05, 0) is 0 Å². The Morgan fingerprint density at radius 1 is 1.39 bits per heavy atom. The minimum absolute atomic E-state index is 0.300. The molecule has 0 amide bonds. The zero-order valence-electron chi connectivity index (χ0n) is 9.21. The summed E-state index contributed by atoms with van der Waals surface area (Å²) in [4.78, 5) is 8.33. The fourth-order valence-electron chi connectivity index (χ4n) is 1.54. The van der Waals surface area contributed by atoms with Gasteiger partial charge >= 0.3 is 0 Å². The van der Waals surface area contributed by atoms with Crippen molar-refractivity contribution < 1.29 is 4.52 Å². The first-order valence-corrected chi connectivity index (χ1v) is 5.17. The molecular formula is C9H10N8O. The lowest BCUT2D eigenvalue weighted by molar-refractivity contribution is 0.412. The van der Waals surface area contributed by atoms with Gasteiger partial charge in [-0.3, -0.25) is 10.5 Å². The molecule has 0 saturated heterocycles. The van der Waals surface area contributed by atoms with Crippen molar-refractivity contribution in [3.8, 4) is 0 Å². The van der Waals surface area contributed by atoms with E-state index in [-0.39, 0.29) is 0 Å². The van der Waals surface area contributed by atoms with Crippen LogP contribution in [-0.4, -0.2) is 25.3 Å². The second kappa shape index (κ2) is 4.30. The van der Waals surface area contributed by atoms with Crippen LogP contribution >= 0.6 is 0 Å². The zero-order chi connectivity index (χ0) is 12.4. The predicted octanol–water partition coefficient (Wildman–Crippen LogP) is 0.239. The number of nitrogens with two attached hydrogens (primary N) is 1. The molecule has 18 heavy (non-hydrogen) atoms. The number of aromatic nitrogens is 5. The molecule has 3 aromatic rings. The lowest BCUT2D eigenvalue weighted by Gasteiger charge is -2.06. The second-order valence-corrected chi connectivity index (χ2v) is 3.52. The van der Waals surface area contributed by atoms with E-state index >= 15 is 0 Å². The summed E-state index contributed by atoms with van der Waals surface area (Å²) in [5.41, 5.74) is 3.77. The molecule has 5 N–H and O–H groups in total. The molecule has 0 spiro atoms. The second-order valence-electron chi connectivity index (χ2n) is 3.52. The molecule has 9 heteroatoms. The quantitative estimate of drug-likeness (QED) is 0.380. The van der Waals surface area contributed by atoms with Gasteiger partial charge < -0.3 is 9.84 Å². The Hall–Kier alpha value is -2.68. The molecule has 0 fully saturated rings. The Morgan fingerprint density at radius 2 is 2.33 bits per heavy atom. The molecule has 92 valence electrons. The maximum absolute atomic E-state index is 5.30. The van der Waals surface area contributed by atoms with Gasteiger partial charge in [0.2, 0.25) is 5.95 Å². The van der Waals surface area contributed by atoms with Crippen molar-refractivity contribution in [1.29, 1.82) is 0 Å². The average Bonchev–Trinajstić information content (AvgIpc) is 3.06. The van der Waals surface area contributed by atoms with Crippen molar-refractivity contribution >= 4 is 22.8 Å². The van der Waals surface area contributed by atoms with Gasteiger partial charge in [0.1, 0.15) is 17.8 Å². The standard InChI is InChI=1S/C9H10N8O/c10-15-9-13-7(6-4-12-16-8(6)14-9)11-3-5-1-2-18-17-5/h1-2,4H,3,10H2,(H3,11,12,13,14,15,16). The summed E-state index contributed by atoms with van der Waals surface area (Å²) in [6.45, 7) is 0.484. The van der Waals surface area contributed by atoms with Gasteiger partial charge in [-0.1, -0.05) is 5.16 Å². The number of hydrogen-bond acceptors (Lipinski definition) is 8. The predicted molar refractivity (Wildman–Crippen MR) is 63.3 cm³/mol. The normalized spacial score (nSPS) is 10.7. The number of hydrogen-bond donors (Lipinski definition) is 4. The number of rotatable bonds is 4. The highest BCUT2D eigenvalue weighted by Crippen LogP contribution is 2.19. The monoisotopic (exact) mass is 246 g/mol. The largest absolute Gasteiger partial charge is 0.364 e. The van der Waals surface area contributed by atoms with E-state index in [4.69, 9.17) is 10.4 Å². The molecule has 0 aromatic carbocycles. The molecule has 0 aliphatic rings. The SMILES string of the molecule is NNc1nc(NCc2ccon2)c2cn[nH]c2n1. The van der Waals surface area contributed by atoms with E-state index in [9.17, 15) is 0 Å². The summed E-state index contributed by atoms with van der Waals surface area (Å²) in [5, 5.41) is 14.4. The number of aromatic amines is 1. The van der Waals surface area contributed by atoms with Crippen molar-refractivity contribution in [2.45, 2.75) is 6.54 Å².